The summed E-state index contributed by atoms with van der Waals surface area (Å²) in [5.74, 6) is 0.00302. The molecule has 1 atom stereocenters. The SMILES string of the molecule is CCC1C(=O)Nc2c(CCN)cc(Cl)cc21. The first kappa shape index (κ1) is 11.4. The van der Waals surface area contributed by atoms with Gasteiger partial charge in [-0.2, -0.15) is 0 Å². The fourth-order valence-electron chi connectivity index (χ4n) is 2.22. The zero-order chi connectivity index (χ0) is 11.7. The Balaban J connectivity index is 2.50. The molecule has 0 aliphatic carbocycles. The van der Waals surface area contributed by atoms with Gasteiger partial charge in [0.15, 0.2) is 0 Å². The third-order valence-corrected chi connectivity index (χ3v) is 3.20. The Morgan fingerprint density at radius 1 is 1.50 bits per heavy atom. The average Bonchev–Trinajstić information content (AvgIpc) is 2.54. The molecule has 0 fully saturated rings. The van der Waals surface area contributed by atoms with Crippen molar-refractivity contribution in [1.29, 1.82) is 0 Å². The van der Waals surface area contributed by atoms with E-state index in [9.17, 15) is 4.79 Å². The second-order valence-corrected chi connectivity index (χ2v) is 4.45. The second-order valence-electron chi connectivity index (χ2n) is 4.02. The predicted molar refractivity (Wildman–Crippen MR) is 65.9 cm³/mol. The molecule has 0 saturated heterocycles. The maximum atomic E-state index is 11.7. The molecule has 1 unspecified atom stereocenters. The van der Waals surface area contributed by atoms with Crippen molar-refractivity contribution in [3.63, 3.8) is 0 Å². The van der Waals surface area contributed by atoms with Crippen LogP contribution in [0.15, 0.2) is 12.1 Å². The summed E-state index contributed by atoms with van der Waals surface area (Å²) < 4.78 is 0. The van der Waals surface area contributed by atoms with Gasteiger partial charge in [-0.25, -0.2) is 0 Å². The first-order valence-corrected chi connectivity index (χ1v) is 5.88. The first-order valence-electron chi connectivity index (χ1n) is 5.50. The van der Waals surface area contributed by atoms with E-state index >= 15 is 0 Å². The Morgan fingerprint density at radius 3 is 2.88 bits per heavy atom. The molecule has 1 amide bonds. The van der Waals surface area contributed by atoms with E-state index in [-0.39, 0.29) is 11.8 Å². The summed E-state index contributed by atoms with van der Waals surface area (Å²) in [5, 5.41) is 3.60. The molecule has 1 aromatic carbocycles. The molecule has 3 nitrogen and oxygen atoms in total. The number of fused-ring (bicyclic) bond motifs is 1. The number of carbonyl (C=O) groups excluding carboxylic acids is 1. The lowest BCUT2D eigenvalue weighted by molar-refractivity contribution is -0.117. The highest BCUT2D eigenvalue weighted by Crippen LogP contribution is 2.39. The van der Waals surface area contributed by atoms with Crippen molar-refractivity contribution in [2.75, 3.05) is 11.9 Å². The molecule has 0 radical (unpaired) electrons. The number of nitrogens with one attached hydrogen (secondary N) is 1. The normalized spacial score (nSPS) is 18.4. The smallest absolute Gasteiger partial charge is 0.232 e. The topological polar surface area (TPSA) is 55.1 Å². The summed E-state index contributed by atoms with van der Waals surface area (Å²) in [7, 11) is 0. The summed E-state index contributed by atoms with van der Waals surface area (Å²) >= 11 is 6.05. The van der Waals surface area contributed by atoms with E-state index in [1.54, 1.807) is 0 Å². The monoisotopic (exact) mass is 238 g/mol. The maximum absolute atomic E-state index is 11.7. The third-order valence-electron chi connectivity index (χ3n) is 2.98. The van der Waals surface area contributed by atoms with Crippen molar-refractivity contribution in [1.82, 2.24) is 0 Å². The molecule has 3 N–H and O–H groups in total. The fourth-order valence-corrected chi connectivity index (χ4v) is 2.47. The minimum Gasteiger partial charge on any atom is -0.330 e. The zero-order valence-electron chi connectivity index (χ0n) is 9.22. The highest BCUT2D eigenvalue weighted by Gasteiger charge is 2.30. The van der Waals surface area contributed by atoms with Crippen molar-refractivity contribution in [2.24, 2.45) is 5.73 Å². The molecular formula is C12H15ClN2O. The van der Waals surface area contributed by atoms with Crippen LogP contribution in [0.25, 0.3) is 0 Å². The number of anilines is 1. The van der Waals surface area contributed by atoms with Crippen molar-refractivity contribution in [3.05, 3.63) is 28.3 Å². The lowest BCUT2D eigenvalue weighted by atomic mass is 9.95. The van der Waals surface area contributed by atoms with Gasteiger partial charge in [0, 0.05) is 10.7 Å². The molecule has 0 saturated carbocycles. The molecule has 86 valence electrons. The van der Waals surface area contributed by atoms with E-state index in [4.69, 9.17) is 17.3 Å². The van der Waals surface area contributed by atoms with Gasteiger partial charge in [0.05, 0.1) is 5.92 Å². The van der Waals surface area contributed by atoms with E-state index in [1.807, 2.05) is 19.1 Å². The molecule has 1 aromatic rings. The quantitative estimate of drug-likeness (QED) is 0.849. The molecule has 0 spiro atoms. The number of halogens is 1. The fraction of sp³-hybridized carbons (Fsp3) is 0.417. The minimum atomic E-state index is -0.0646. The zero-order valence-corrected chi connectivity index (χ0v) is 9.97. The predicted octanol–water partition coefficient (Wildman–Crippen LogP) is 2.29. The number of carbonyl (C=O) groups is 1. The highest BCUT2D eigenvalue weighted by atomic mass is 35.5. The van der Waals surface area contributed by atoms with Crippen LogP contribution in [0, 0.1) is 0 Å². The van der Waals surface area contributed by atoms with Gasteiger partial charge in [0.25, 0.3) is 0 Å². The van der Waals surface area contributed by atoms with E-state index in [0.29, 0.717) is 11.6 Å². The average molecular weight is 239 g/mol. The van der Waals surface area contributed by atoms with Crippen molar-refractivity contribution in [2.45, 2.75) is 25.7 Å². The van der Waals surface area contributed by atoms with Gasteiger partial charge in [-0.1, -0.05) is 18.5 Å². The number of benzene rings is 1. The van der Waals surface area contributed by atoms with Crippen molar-refractivity contribution in [3.8, 4) is 0 Å². The van der Waals surface area contributed by atoms with Crippen LogP contribution in [-0.2, 0) is 11.2 Å². The van der Waals surface area contributed by atoms with Crippen LogP contribution in [0.1, 0.15) is 30.4 Å². The van der Waals surface area contributed by atoms with Crippen LogP contribution in [0.3, 0.4) is 0 Å². The number of rotatable bonds is 3. The Kier molecular flexibility index (Phi) is 3.17. The summed E-state index contributed by atoms with van der Waals surface area (Å²) in [6.07, 6.45) is 1.53. The lowest BCUT2D eigenvalue weighted by Crippen LogP contribution is -2.11. The molecule has 0 aromatic heterocycles. The third kappa shape index (κ3) is 1.81. The van der Waals surface area contributed by atoms with Crippen LogP contribution in [0.2, 0.25) is 5.02 Å². The van der Waals surface area contributed by atoms with E-state index in [1.165, 1.54) is 0 Å². The first-order chi connectivity index (χ1) is 7.67. The summed E-state index contributed by atoms with van der Waals surface area (Å²) in [4.78, 5) is 11.7. The van der Waals surface area contributed by atoms with E-state index in [0.717, 1.165) is 29.7 Å². The van der Waals surface area contributed by atoms with Gasteiger partial charge in [0.1, 0.15) is 0 Å². The molecule has 1 heterocycles. The van der Waals surface area contributed by atoms with Gasteiger partial charge in [-0.3, -0.25) is 4.79 Å². The summed E-state index contributed by atoms with van der Waals surface area (Å²) in [6.45, 7) is 2.56. The Hall–Kier alpha value is -1.06. The van der Waals surface area contributed by atoms with E-state index < -0.39 is 0 Å². The maximum Gasteiger partial charge on any atom is 0.232 e. The highest BCUT2D eigenvalue weighted by molar-refractivity contribution is 6.31. The Labute approximate surface area is 100.0 Å². The van der Waals surface area contributed by atoms with Crippen LogP contribution >= 0.6 is 11.6 Å². The summed E-state index contributed by atoms with van der Waals surface area (Å²) in [6, 6.07) is 3.76. The molecular weight excluding hydrogens is 224 g/mol. The molecule has 16 heavy (non-hydrogen) atoms. The van der Waals surface area contributed by atoms with Crippen molar-refractivity contribution < 1.29 is 4.79 Å². The Bertz CT molecular complexity index is 431. The van der Waals surface area contributed by atoms with Crippen LogP contribution in [0.5, 0.6) is 0 Å². The number of amides is 1. The van der Waals surface area contributed by atoms with Crippen LogP contribution in [0.4, 0.5) is 5.69 Å². The molecule has 1 aliphatic rings. The molecule has 4 heteroatoms. The van der Waals surface area contributed by atoms with Crippen LogP contribution in [-0.4, -0.2) is 12.5 Å². The Morgan fingerprint density at radius 2 is 2.25 bits per heavy atom. The summed E-state index contributed by atoms with van der Waals surface area (Å²) in [5.41, 5.74) is 8.53. The van der Waals surface area contributed by atoms with Crippen LogP contribution < -0.4 is 11.1 Å². The number of hydrogen-bond donors (Lipinski definition) is 2. The number of hydrogen-bond acceptors (Lipinski definition) is 2. The van der Waals surface area contributed by atoms with Gasteiger partial charge in [-0.05, 0) is 42.6 Å². The van der Waals surface area contributed by atoms with E-state index in [2.05, 4.69) is 5.32 Å². The van der Waals surface area contributed by atoms with Crippen molar-refractivity contribution >= 4 is 23.2 Å². The standard InChI is InChI=1S/C12H15ClN2O/c1-2-9-10-6-8(13)5-7(3-4-14)11(10)15-12(9)16/h5-6,9H,2-4,14H2,1H3,(H,15,16). The number of nitrogens with two attached hydrogens (primary N) is 1. The van der Waals surface area contributed by atoms with Gasteiger partial charge in [-0.15, -0.1) is 0 Å². The molecule has 0 bridgehead atoms. The largest absolute Gasteiger partial charge is 0.330 e. The lowest BCUT2D eigenvalue weighted by Gasteiger charge is -2.09. The van der Waals surface area contributed by atoms with Gasteiger partial charge in [0.2, 0.25) is 5.91 Å². The van der Waals surface area contributed by atoms with Gasteiger partial charge < -0.3 is 11.1 Å². The molecule has 1 aliphatic heterocycles. The molecule has 2 rings (SSSR count). The second kappa shape index (κ2) is 4.44. The minimum absolute atomic E-state index is 0.0646. The van der Waals surface area contributed by atoms with Gasteiger partial charge >= 0.3 is 0 Å².